The van der Waals surface area contributed by atoms with Crippen LogP contribution in [0.25, 0.3) is 0 Å². The molecule has 0 radical (unpaired) electrons. The molecule has 1 unspecified atom stereocenters. The summed E-state index contributed by atoms with van der Waals surface area (Å²) >= 11 is 0. The number of aromatic amines is 1. The zero-order chi connectivity index (χ0) is 27.2. The number of amides is 1. The summed E-state index contributed by atoms with van der Waals surface area (Å²) in [6, 6.07) is 7.68. The topological polar surface area (TPSA) is 202 Å². The van der Waals surface area contributed by atoms with E-state index >= 15 is 0 Å². The van der Waals surface area contributed by atoms with Gasteiger partial charge >= 0.3 is 5.97 Å². The van der Waals surface area contributed by atoms with Gasteiger partial charge in [-0.3, -0.25) is 24.6 Å². The van der Waals surface area contributed by atoms with Crippen LogP contribution in [-0.2, 0) is 25.4 Å². The molecule has 0 bridgehead atoms. The maximum Gasteiger partial charge on any atom is 0.328 e. The Bertz CT molecular complexity index is 1290. The number of nitrogens with one attached hydrogen (secondary N) is 4. The van der Waals surface area contributed by atoms with Crippen molar-refractivity contribution in [2.75, 3.05) is 29.3 Å². The monoisotopic (exact) mass is 533 g/mol. The Morgan fingerprint density at radius 2 is 1.97 bits per heavy atom. The van der Waals surface area contributed by atoms with Crippen molar-refractivity contribution in [3.05, 3.63) is 58.5 Å². The number of anilines is 2. The highest BCUT2D eigenvalue weighted by Gasteiger charge is 2.36. The quantitative estimate of drug-likeness (QED) is 0.180. The number of nitrogens with zero attached hydrogens (tertiary/aromatic N) is 2. The Morgan fingerprint density at radius 3 is 2.54 bits per heavy atom. The minimum atomic E-state index is -4.12. The lowest BCUT2D eigenvalue weighted by molar-refractivity contribution is -0.140. The number of pyridine rings is 1. The molecule has 0 spiro atoms. The summed E-state index contributed by atoms with van der Waals surface area (Å²) in [5.74, 6) is -2.97. The van der Waals surface area contributed by atoms with Gasteiger partial charge in [0.05, 0.1) is 18.0 Å². The molecule has 0 saturated carbocycles. The minimum absolute atomic E-state index is 0.231. The van der Waals surface area contributed by atoms with E-state index in [1.807, 2.05) is 0 Å². The number of H-pyrrole nitrogens is 1. The number of nitrogens with two attached hydrogens (primary N) is 1. The van der Waals surface area contributed by atoms with Crippen molar-refractivity contribution >= 4 is 39.2 Å². The number of guanidine groups is 1. The fourth-order valence-corrected chi connectivity index (χ4v) is 5.52. The minimum Gasteiger partial charge on any atom is -0.480 e. The third-order valence-corrected chi connectivity index (χ3v) is 7.21. The van der Waals surface area contributed by atoms with E-state index < -0.39 is 44.9 Å². The summed E-state index contributed by atoms with van der Waals surface area (Å²) in [7, 11) is -4.12. The first-order valence-corrected chi connectivity index (χ1v) is 13.3. The van der Waals surface area contributed by atoms with Gasteiger partial charge in [-0.1, -0.05) is 30.3 Å². The summed E-state index contributed by atoms with van der Waals surface area (Å²) in [5, 5.41) is 21.3. The van der Waals surface area contributed by atoms with Crippen LogP contribution in [0.5, 0.6) is 0 Å². The van der Waals surface area contributed by atoms with Crippen molar-refractivity contribution in [1.29, 1.82) is 5.41 Å². The van der Waals surface area contributed by atoms with Gasteiger partial charge in [0.2, 0.25) is 15.9 Å². The van der Waals surface area contributed by atoms with E-state index in [-0.39, 0.29) is 24.2 Å². The van der Waals surface area contributed by atoms with Crippen molar-refractivity contribution in [3.63, 3.8) is 0 Å². The highest BCUT2D eigenvalue weighted by Crippen LogP contribution is 2.27. The molecule has 1 saturated heterocycles. The van der Waals surface area contributed by atoms with Crippen molar-refractivity contribution in [1.82, 2.24) is 15.2 Å². The van der Waals surface area contributed by atoms with Gasteiger partial charge in [-0.25, -0.2) is 13.2 Å². The number of piperidine rings is 1. The van der Waals surface area contributed by atoms with Crippen LogP contribution >= 0.6 is 0 Å². The van der Waals surface area contributed by atoms with Gasteiger partial charge < -0.3 is 26.0 Å². The molecular formula is C23H31N7O6S. The lowest BCUT2D eigenvalue weighted by Crippen LogP contribution is -2.58. The highest BCUT2D eigenvalue weighted by atomic mass is 32.2. The molecule has 14 heteroatoms. The number of carboxylic acid groups (broad SMARTS) is 1. The van der Waals surface area contributed by atoms with Crippen molar-refractivity contribution in [2.24, 2.45) is 5.73 Å². The van der Waals surface area contributed by atoms with E-state index in [0.29, 0.717) is 18.5 Å². The largest absolute Gasteiger partial charge is 0.480 e. The van der Waals surface area contributed by atoms with Crippen LogP contribution in [0.1, 0.15) is 25.3 Å². The van der Waals surface area contributed by atoms with Crippen LogP contribution in [0, 0.1) is 5.41 Å². The zero-order valence-corrected chi connectivity index (χ0v) is 21.1. The third-order valence-electron chi connectivity index (χ3n) is 5.98. The van der Waals surface area contributed by atoms with Crippen LogP contribution < -0.4 is 26.2 Å². The Hall–Kier alpha value is -3.91. The molecular weight excluding hydrogens is 502 g/mol. The van der Waals surface area contributed by atoms with Gasteiger partial charge in [0, 0.05) is 25.7 Å². The molecule has 200 valence electrons. The number of carbonyl (C=O) groups excluding carboxylic acids is 1. The predicted octanol–water partition coefficient (Wildman–Crippen LogP) is 0.0704. The average molecular weight is 534 g/mol. The van der Waals surface area contributed by atoms with E-state index in [0.717, 1.165) is 24.8 Å². The van der Waals surface area contributed by atoms with E-state index in [1.54, 1.807) is 30.3 Å². The summed E-state index contributed by atoms with van der Waals surface area (Å²) in [4.78, 5) is 42.5. The van der Waals surface area contributed by atoms with Crippen LogP contribution in [0.4, 0.5) is 11.4 Å². The summed E-state index contributed by atoms with van der Waals surface area (Å²) in [6.45, 7) is 2.02. The molecule has 3 rings (SSSR count). The second-order valence-corrected chi connectivity index (χ2v) is 10.4. The maximum absolute atomic E-state index is 12.9. The van der Waals surface area contributed by atoms with E-state index in [4.69, 9.17) is 11.1 Å². The molecule has 1 amide bonds. The summed E-state index contributed by atoms with van der Waals surface area (Å²) < 4.78 is 28.0. The van der Waals surface area contributed by atoms with Crippen molar-refractivity contribution in [3.8, 4) is 0 Å². The number of hydrogen-bond acceptors (Lipinski definition) is 7. The number of rotatable bonds is 10. The first kappa shape index (κ1) is 27.7. The smallest absolute Gasteiger partial charge is 0.328 e. The number of hydrogen-bond donors (Lipinski definition) is 6. The van der Waals surface area contributed by atoms with Crippen LogP contribution in [0.3, 0.4) is 0 Å². The zero-order valence-electron chi connectivity index (χ0n) is 20.3. The van der Waals surface area contributed by atoms with E-state index in [1.165, 1.54) is 17.2 Å². The Labute approximate surface area is 214 Å². The number of aliphatic carboxylic acids is 1. The number of carboxylic acids is 1. The second kappa shape index (κ2) is 11.9. The first-order chi connectivity index (χ1) is 17.5. The Balaban J connectivity index is 2.00. The molecule has 37 heavy (non-hydrogen) atoms. The van der Waals surface area contributed by atoms with Gasteiger partial charge in [-0.15, -0.1) is 0 Å². The average Bonchev–Trinajstić information content (AvgIpc) is 2.83. The molecule has 1 aliphatic heterocycles. The molecule has 13 nitrogen and oxygen atoms in total. The fraction of sp³-hybridized carbons (Fsp3) is 0.391. The van der Waals surface area contributed by atoms with Crippen molar-refractivity contribution < 1.29 is 23.1 Å². The molecule has 1 aromatic carbocycles. The van der Waals surface area contributed by atoms with Gasteiger partial charge in [0.25, 0.3) is 5.56 Å². The fourth-order valence-electron chi connectivity index (χ4n) is 4.31. The molecule has 2 heterocycles. The third kappa shape index (κ3) is 7.07. The molecule has 0 aliphatic carbocycles. The summed E-state index contributed by atoms with van der Waals surface area (Å²) in [5.41, 5.74) is 4.67. The summed E-state index contributed by atoms with van der Waals surface area (Å²) in [6.07, 6.45) is 2.65. The SMILES string of the molecule is CC(=O)N(c1cc[nH]c(=O)c1NS(=O)(=O)Cc1ccccc1)[C@@H](CN(C(=N)N)C1CCCNC1)C(=O)O. The molecule has 2 atom stereocenters. The molecule has 2 aromatic rings. The number of carbonyl (C=O) groups is 2. The van der Waals surface area contributed by atoms with Crippen molar-refractivity contribution in [2.45, 2.75) is 37.6 Å². The number of aromatic nitrogens is 1. The highest BCUT2D eigenvalue weighted by molar-refractivity contribution is 7.91. The molecule has 1 fully saturated rings. The maximum atomic E-state index is 12.9. The van der Waals surface area contributed by atoms with Gasteiger partial charge in [-0.2, -0.15) is 0 Å². The van der Waals surface area contributed by atoms with E-state index in [2.05, 4.69) is 15.0 Å². The van der Waals surface area contributed by atoms with Gasteiger partial charge in [0.15, 0.2) is 12.0 Å². The molecule has 7 N–H and O–H groups in total. The first-order valence-electron chi connectivity index (χ1n) is 11.6. The van der Waals surface area contributed by atoms with E-state index in [9.17, 15) is 27.9 Å². The standard InChI is InChI=1S/C23H31N7O6S/c1-15(31)30(19(22(33)34)13-29(23(24)25)17-8-5-10-26-12-17)18-9-11-27-21(32)20(18)28-37(35,36)14-16-6-3-2-4-7-16/h2-4,6-7,9,11,17,19,26,28H,5,8,10,12-14H2,1H3,(H3,24,25)(H,27,32)(H,33,34)/t17?,19-/m0/s1. The van der Waals surface area contributed by atoms with Crippen LogP contribution in [0.2, 0.25) is 0 Å². The van der Waals surface area contributed by atoms with Gasteiger partial charge in [-0.05, 0) is 31.0 Å². The lowest BCUT2D eigenvalue weighted by Gasteiger charge is -2.39. The lowest BCUT2D eigenvalue weighted by atomic mass is 10.0. The second-order valence-electron chi connectivity index (χ2n) is 8.69. The molecule has 1 aromatic heterocycles. The van der Waals surface area contributed by atoms with Crippen LogP contribution in [-0.4, -0.2) is 73.0 Å². The van der Waals surface area contributed by atoms with Crippen LogP contribution in [0.15, 0.2) is 47.4 Å². The Morgan fingerprint density at radius 1 is 1.27 bits per heavy atom. The molecule has 1 aliphatic rings. The number of benzene rings is 1. The normalized spacial score (nSPS) is 16.4. The van der Waals surface area contributed by atoms with Gasteiger partial charge in [0.1, 0.15) is 5.69 Å². The number of sulfonamides is 1. The predicted molar refractivity (Wildman–Crippen MR) is 139 cm³/mol. The Kier molecular flexibility index (Phi) is 8.89.